The SMILES string of the molecule is CCCNCc1cc(C)ccc1Sc1ncc[nH]1. The number of nitrogens with zero attached hydrogens (tertiary/aromatic N) is 1. The maximum atomic E-state index is 4.26. The first-order valence-electron chi connectivity index (χ1n) is 6.27. The Morgan fingerprint density at radius 1 is 1.39 bits per heavy atom. The van der Waals surface area contributed by atoms with Gasteiger partial charge in [0.05, 0.1) is 0 Å². The van der Waals surface area contributed by atoms with Crippen LogP contribution in [-0.4, -0.2) is 16.5 Å². The largest absolute Gasteiger partial charge is 0.339 e. The van der Waals surface area contributed by atoms with Gasteiger partial charge in [-0.25, -0.2) is 4.98 Å². The topological polar surface area (TPSA) is 40.7 Å². The minimum atomic E-state index is 0.915. The van der Waals surface area contributed by atoms with Crippen molar-refractivity contribution in [2.45, 2.75) is 36.9 Å². The predicted molar refractivity (Wildman–Crippen MR) is 75.9 cm³/mol. The number of benzene rings is 1. The van der Waals surface area contributed by atoms with Gasteiger partial charge in [-0.3, -0.25) is 0 Å². The molecule has 2 rings (SSSR count). The second-order valence-corrected chi connectivity index (χ2v) is 5.31. The Morgan fingerprint density at radius 2 is 2.28 bits per heavy atom. The summed E-state index contributed by atoms with van der Waals surface area (Å²) in [5.41, 5.74) is 2.64. The zero-order chi connectivity index (χ0) is 12.8. The number of imidazole rings is 1. The van der Waals surface area contributed by atoms with Gasteiger partial charge in [0.1, 0.15) is 0 Å². The van der Waals surface area contributed by atoms with Gasteiger partial charge in [0.15, 0.2) is 5.16 Å². The summed E-state index contributed by atoms with van der Waals surface area (Å²) in [4.78, 5) is 8.65. The third-order valence-corrected chi connectivity index (χ3v) is 3.67. The summed E-state index contributed by atoms with van der Waals surface area (Å²) < 4.78 is 0. The average molecular weight is 261 g/mol. The number of aromatic nitrogens is 2. The fourth-order valence-corrected chi connectivity index (χ4v) is 2.60. The molecule has 0 unspecified atom stereocenters. The minimum absolute atomic E-state index is 0.915. The Labute approximate surface area is 112 Å². The van der Waals surface area contributed by atoms with Crippen molar-refractivity contribution in [3.05, 3.63) is 41.7 Å². The molecule has 0 aliphatic rings. The Hall–Kier alpha value is -1.26. The molecule has 96 valence electrons. The van der Waals surface area contributed by atoms with Gasteiger partial charge in [-0.05, 0) is 31.5 Å². The van der Waals surface area contributed by atoms with Crippen LogP contribution in [0, 0.1) is 6.92 Å². The molecule has 0 radical (unpaired) electrons. The molecule has 1 heterocycles. The van der Waals surface area contributed by atoms with Gasteiger partial charge in [-0.1, -0.05) is 36.4 Å². The number of nitrogens with one attached hydrogen (secondary N) is 2. The molecule has 2 aromatic rings. The first kappa shape index (κ1) is 13.2. The molecular formula is C14H19N3S. The Balaban J connectivity index is 2.12. The van der Waals surface area contributed by atoms with Crippen LogP contribution in [0.4, 0.5) is 0 Å². The Bertz CT molecular complexity index is 480. The maximum absolute atomic E-state index is 4.26. The molecule has 1 aromatic heterocycles. The molecule has 0 saturated carbocycles. The quantitative estimate of drug-likeness (QED) is 0.783. The molecule has 0 bridgehead atoms. The van der Waals surface area contributed by atoms with Crippen molar-refractivity contribution in [1.29, 1.82) is 0 Å². The normalized spacial score (nSPS) is 10.8. The van der Waals surface area contributed by atoms with E-state index in [1.165, 1.54) is 16.0 Å². The average Bonchev–Trinajstić information content (AvgIpc) is 2.86. The molecular weight excluding hydrogens is 242 g/mol. The van der Waals surface area contributed by atoms with E-state index in [1.807, 2.05) is 6.20 Å². The van der Waals surface area contributed by atoms with Crippen LogP contribution in [0.25, 0.3) is 0 Å². The van der Waals surface area contributed by atoms with Gasteiger partial charge >= 0.3 is 0 Å². The van der Waals surface area contributed by atoms with Crippen LogP contribution < -0.4 is 5.32 Å². The van der Waals surface area contributed by atoms with Gasteiger partial charge in [-0.15, -0.1) is 0 Å². The van der Waals surface area contributed by atoms with Gasteiger partial charge in [0.2, 0.25) is 0 Å². The highest BCUT2D eigenvalue weighted by molar-refractivity contribution is 7.99. The van der Waals surface area contributed by atoms with Crippen LogP contribution in [0.3, 0.4) is 0 Å². The lowest BCUT2D eigenvalue weighted by Crippen LogP contribution is -2.14. The molecule has 2 N–H and O–H groups in total. The maximum Gasteiger partial charge on any atom is 0.170 e. The van der Waals surface area contributed by atoms with Crippen molar-refractivity contribution in [1.82, 2.24) is 15.3 Å². The molecule has 4 heteroatoms. The Morgan fingerprint density at radius 3 is 3.00 bits per heavy atom. The van der Waals surface area contributed by atoms with E-state index in [4.69, 9.17) is 0 Å². The summed E-state index contributed by atoms with van der Waals surface area (Å²) in [7, 11) is 0. The number of hydrogen-bond acceptors (Lipinski definition) is 3. The van der Waals surface area contributed by atoms with Crippen molar-refractivity contribution < 1.29 is 0 Å². The standard InChI is InChI=1S/C14H19N3S/c1-3-6-15-10-12-9-11(2)4-5-13(12)18-14-16-7-8-17-14/h4-5,7-9,15H,3,6,10H2,1-2H3,(H,16,17). The smallest absolute Gasteiger partial charge is 0.170 e. The van der Waals surface area contributed by atoms with E-state index in [9.17, 15) is 0 Å². The zero-order valence-corrected chi connectivity index (χ0v) is 11.7. The summed E-state index contributed by atoms with van der Waals surface area (Å²) in [6.07, 6.45) is 4.80. The first-order valence-corrected chi connectivity index (χ1v) is 7.08. The predicted octanol–water partition coefficient (Wildman–Crippen LogP) is 3.37. The Kier molecular flexibility index (Phi) is 4.84. The molecule has 18 heavy (non-hydrogen) atoms. The van der Waals surface area contributed by atoms with E-state index in [2.05, 4.69) is 47.3 Å². The number of rotatable bonds is 6. The lowest BCUT2D eigenvalue weighted by Gasteiger charge is -2.10. The lowest BCUT2D eigenvalue weighted by atomic mass is 10.1. The highest BCUT2D eigenvalue weighted by Crippen LogP contribution is 2.28. The summed E-state index contributed by atoms with van der Waals surface area (Å²) in [6.45, 7) is 6.28. The van der Waals surface area contributed by atoms with Crippen LogP contribution >= 0.6 is 11.8 Å². The van der Waals surface area contributed by atoms with Gasteiger partial charge in [0, 0.05) is 23.8 Å². The van der Waals surface area contributed by atoms with E-state index in [1.54, 1.807) is 18.0 Å². The number of aryl methyl sites for hydroxylation is 1. The van der Waals surface area contributed by atoms with E-state index in [-0.39, 0.29) is 0 Å². The molecule has 0 atom stereocenters. The second-order valence-electron chi connectivity index (χ2n) is 4.28. The highest BCUT2D eigenvalue weighted by atomic mass is 32.2. The second kappa shape index (κ2) is 6.61. The number of aromatic amines is 1. The van der Waals surface area contributed by atoms with Crippen LogP contribution in [0.1, 0.15) is 24.5 Å². The minimum Gasteiger partial charge on any atom is -0.339 e. The van der Waals surface area contributed by atoms with Crippen molar-refractivity contribution in [2.75, 3.05) is 6.54 Å². The van der Waals surface area contributed by atoms with Crippen LogP contribution in [0.5, 0.6) is 0 Å². The van der Waals surface area contributed by atoms with Gasteiger partial charge in [0.25, 0.3) is 0 Å². The van der Waals surface area contributed by atoms with E-state index < -0.39 is 0 Å². The van der Waals surface area contributed by atoms with Crippen molar-refractivity contribution >= 4 is 11.8 Å². The summed E-state index contributed by atoms with van der Waals surface area (Å²) in [5.74, 6) is 0. The fourth-order valence-electron chi connectivity index (χ4n) is 1.76. The molecule has 0 fully saturated rings. The van der Waals surface area contributed by atoms with Crippen LogP contribution in [0.15, 0.2) is 40.6 Å². The molecule has 0 saturated heterocycles. The summed E-state index contributed by atoms with van der Waals surface area (Å²) in [6, 6.07) is 6.56. The summed E-state index contributed by atoms with van der Waals surface area (Å²) >= 11 is 1.68. The lowest BCUT2D eigenvalue weighted by molar-refractivity contribution is 0.669. The van der Waals surface area contributed by atoms with E-state index in [0.29, 0.717) is 0 Å². The van der Waals surface area contributed by atoms with Gasteiger partial charge in [-0.2, -0.15) is 0 Å². The number of H-pyrrole nitrogens is 1. The molecule has 0 aliphatic heterocycles. The number of hydrogen-bond donors (Lipinski definition) is 2. The molecule has 1 aromatic carbocycles. The highest BCUT2D eigenvalue weighted by Gasteiger charge is 2.06. The molecule has 0 spiro atoms. The summed E-state index contributed by atoms with van der Waals surface area (Å²) in [5, 5.41) is 4.39. The third-order valence-electron chi connectivity index (χ3n) is 2.64. The van der Waals surface area contributed by atoms with Crippen LogP contribution in [0.2, 0.25) is 0 Å². The van der Waals surface area contributed by atoms with Crippen molar-refractivity contribution in [2.24, 2.45) is 0 Å². The van der Waals surface area contributed by atoms with Crippen LogP contribution in [-0.2, 0) is 6.54 Å². The van der Waals surface area contributed by atoms with Crippen molar-refractivity contribution in [3.8, 4) is 0 Å². The van der Waals surface area contributed by atoms with E-state index in [0.717, 1.165) is 24.7 Å². The van der Waals surface area contributed by atoms with Gasteiger partial charge < -0.3 is 10.3 Å². The monoisotopic (exact) mass is 261 g/mol. The molecule has 3 nitrogen and oxygen atoms in total. The fraction of sp³-hybridized carbons (Fsp3) is 0.357. The van der Waals surface area contributed by atoms with E-state index >= 15 is 0 Å². The first-order chi connectivity index (χ1) is 8.79. The third kappa shape index (κ3) is 3.62. The molecule has 0 amide bonds. The van der Waals surface area contributed by atoms with Crippen molar-refractivity contribution in [3.63, 3.8) is 0 Å². The zero-order valence-electron chi connectivity index (χ0n) is 10.9. The molecule has 0 aliphatic carbocycles.